The van der Waals surface area contributed by atoms with Gasteiger partial charge in [0.2, 0.25) is 0 Å². The van der Waals surface area contributed by atoms with Crippen LogP contribution in [0.25, 0.3) is 0 Å². The van der Waals surface area contributed by atoms with E-state index in [1.807, 2.05) is 6.92 Å². The van der Waals surface area contributed by atoms with Crippen molar-refractivity contribution in [2.75, 3.05) is 24.6 Å². The molecule has 1 rings (SSSR count). The number of hydrogen-bond acceptors (Lipinski definition) is 5. The minimum absolute atomic E-state index is 0.101. The summed E-state index contributed by atoms with van der Waals surface area (Å²) in [5.74, 6) is 0.508. The molecule has 0 fully saturated rings. The fraction of sp³-hybridized carbons (Fsp3) is 0.625. The molecule has 80 valence electrons. The smallest absolute Gasteiger partial charge is 0.145 e. The first kappa shape index (κ1) is 10.8. The first-order valence-corrected chi connectivity index (χ1v) is 4.62. The number of nitrogens with zero attached hydrogens (tertiary/aromatic N) is 2. The normalized spacial score (nSPS) is 10.7. The Morgan fingerprint density at radius 1 is 1.50 bits per heavy atom. The highest BCUT2D eigenvalue weighted by Gasteiger charge is 2.10. The number of hydrogen-bond donors (Lipinski definition) is 4. The van der Waals surface area contributed by atoms with Crippen molar-refractivity contribution in [1.82, 2.24) is 15.1 Å². The van der Waals surface area contributed by atoms with Crippen molar-refractivity contribution < 1.29 is 5.11 Å². The number of anilines is 2. The van der Waals surface area contributed by atoms with Gasteiger partial charge in [-0.2, -0.15) is 5.10 Å². The first-order chi connectivity index (χ1) is 6.70. The maximum absolute atomic E-state index is 8.58. The van der Waals surface area contributed by atoms with Gasteiger partial charge in [-0.15, -0.1) is 0 Å². The molecule has 1 heterocycles. The van der Waals surface area contributed by atoms with E-state index < -0.39 is 0 Å². The topological polar surface area (TPSA) is 102 Å². The molecule has 0 radical (unpaired) electrons. The second kappa shape index (κ2) is 4.83. The van der Waals surface area contributed by atoms with Crippen LogP contribution >= 0.6 is 0 Å². The number of rotatable bonds is 5. The maximum atomic E-state index is 8.58. The fourth-order valence-electron chi connectivity index (χ4n) is 1.20. The molecule has 0 aromatic carbocycles. The van der Waals surface area contributed by atoms with Crippen molar-refractivity contribution in [3.05, 3.63) is 5.69 Å². The number of aryl methyl sites for hydroxylation is 1. The highest BCUT2D eigenvalue weighted by atomic mass is 16.3. The molecule has 1 aromatic heterocycles. The first-order valence-electron chi connectivity index (χ1n) is 4.62. The van der Waals surface area contributed by atoms with Gasteiger partial charge in [-0.25, -0.2) is 4.68 Å². The van der Waals surface area contributed by atoms with E-state index in [9.17, 15) is 0 Å². The summed E-state index contributed by atoms with van der Waals surface area (Å²) in [7, 11) is 0. The predicted octanol–water partition coefficient (Wildman–Crippen LogP) is -0.851. The lowest BCUT2D eigenvalue weighted by molar-refractivity contribution is 0.291. The average molecular weight is 199 g/mol. The van der Waals surface area contributed by atoms with Crippen LogP contribution in [0.3, 0.4) is 0 Å². The lowest BCUT2D eigenvalue weighted by Gasteiger charge is -1.99. The Hall–Kier alpha value is -1.27. The molecule has 0 aliphatic carbocycles. The van der Waals surface area contributed by atoms with Gasteiger partial charge >= 0.3 is 0 Å². The quantitative estimate of drug-likeness (QED) is 0.463. The van der Waals surface area contributed by atoms with Gasteiger partial charge in [-0.3, -0.25) is 0 Å². The van der Waals surface area contributed by atoms with Gasteiger partial charge in [-0.1, -0.05) is 0 Å². The molecule has 6 N–H and O–H groups in total. The van der Waals surface area contributed by atoms with Gasteiger partial charge in [0.05, 0.1) is 12.3 Å². The van der Waals surface area contributed by atoms with Gasteiger partial charge in [0.1, 0.15) is 11.5 Å². The van der Waals surface area contributed by atoms with Crippen LogP contribution in [0.1, 0.15) is 12.6 Å². The van der Waals surface area contributed by atoms with Crippen LogP contribution in [0.5, 0.6) is 0 Å². The lowest BCUT2D eigenvalue weighted by Crippen LogP contribution is -2.18. The van der Waals surface area contributed by atoms with Crippen molar-refractivity contribution in [2.24, 2.45) is 0 Å². The third-order valence-electron chi connectivity index (χ3n) is 1.99. The highest BCUT2D eigenvalue weighted by Crippen LogP contribution is 2.18. The Balaban J connectivity index is 2.67. The van der Waals surface area contributed by atoms with E-state index in [4.69, 9.17) is 16.6 Å². The van der Waals surface area contributed by atoms with E-state index >= 15 is 0 Å². The summed E-state index contributed by atoms with van der Waals surface area (Å²) in [6.07, 6.45) is 0. The third kappa shape index (κ3) is 2.15. The molecule has 0 unspecified atom stereocenters. The van der Waals surface area contributed by atoms with Gasteiger partial charge in [0.15, 0.2) is 0 Å². The summed E-state index contributed by atoms with van der Waals surface area (Å²) >= 11 is 0. The zero-order chi connectivity index (χ0) is 10.6. The minimum atomic E-state index is 0.101. The van der Waals surface area contributed by atoms with E-state index in [1.165, 1.54) is 0 Å². The minimum Gasteiger partial charge on any atom is -0.395 e. The molecular weight excluding hydrogens is 182 g/mol. The van der Waals surface area contributed by atoms with Crippen molar-refractivity contribution in [3.8, 4) is 0 Å². The molecule has 14 heavy (non-hydrogen) atoms. The summed E-state index contributed by atoms with van der Waals surface area (Å²) in [6, 6.07) is 0. The Morgan fingerprint density at radius 2 is 2.21 bits per heavy atom. The molecule has 0 bridgehead atoms. The standard InChI is InChI=1S/C8H17N5O/c1-2-13-8(10)7(9)6(12-13)5-11-3-4-14/h11,14H,2-5,9-10H2,1H3. The zero-order valence-corrected chi connectivity index (χ0v) is 8.32. The van der Waals surface area contributed by atoms with Crippen LogP contribution in [-0.2, 0) is 13.1 Å². The molecule has 0 spiro atoms. The summed E-state index contributed by atoms with van der Waals surface area (Å²) < 4.78 is 1.66. The molecular formula is C8H17N5O. The lowest BCUT2D eigenvalue weighted by atomic mass is 10.3. The van der Waals surface area contributed by atoms with Gasteiger partial charge in [0, 0.05) is 19.6 Å². The summed E-state index contributed by atoms with van der Waals surface area (Å²) in [5.41, 5.74) is 12.7. The Morgan fingerprint density at radius 3 is 2.71 bits per heavy atom. The zero-order valence-electron chi connectivity index (χ0n) is 8.32. The predicted molar refractivity (Wildman–Crippen MR) is 55.5 cm³/mol. The molecule has 0 aliphatic heterocycles. The number of nitrogen functional groups attached to an aromatic ring is 2. The monoisotopic (exact) mass is 199 g/mol. The summed E-state index contributed by atoms with van der Waals surface area (Å²) in [5, 5.41) is 15.8. The average Bonchev–Trinajstić information content (AvgIpc) is 2.46. The maximum Gasteiger partial charge on any atom is 0.145 e. The van der Waals surface area contributed by atoms with E-state index in [1.54, 1.807) is 4.68 Å². The molecule has 6 heteroatoms. The van der Waals surface area contributed by atoms with E-state index in [0.717, 1.165) is 5.69 Å². The Labute approximate surface area is 82.9 Å². The van der Waals surface area contributed by atoms with Crippen molar-refractivity contribution >= 4 is 11.5 Å². The highest BCUT2D eigenvalue weighted by molar-refractivity contribution is 5.62. The Kier molecular flexibility index (Phi) is 3.73. The van der Waals surface area contributed by atoms with Crippen molar-refractivity contribution in [1.29, 1.82) is 0 Å². The molecule has 1 aromatic rings. The molecule has 0 saturated carbocycles. The van der Waals surface area contributed by atoms with Crippen LogP contribution in [-0.4, -0.2) is 28.0 Å². The number of aliphatic hydroxyl groups excluding tert-OH is 1. The molecule has 0 aliphatic rings. The molecule has 0 saturated heterocycles. The van der Waals surface area contributed by atoms with Gasteiger partial charge < -0.3 is 21.9 Å². The van der Waals surface area contributed by atoms with Crippen molar-refractivity contribution in [3.63, 3.8) is 0 Å². The fourth-order valence-corrected chi connectivity index (χ4v) is 1.20. The number of aromatic nitrogens is 2. The van der Waals surface area contributed by atoms with E-state index in [-0.39, 0.29) is 6.61 Å². The van der Waals surface area contributed by atoms with Crippen LogP contribution in [0.4, 0.5) is 11.5 Å². The van der Waals surface area contributed by atoms with Gasteiger partial charge in [0.25, 0.3) is 0 Å². The van der Waals surface area contributed by atoms with E-state index in [0.29, 0.717) is 31.1 Å². The Bertz CT molecular complexity index is 296. The number of nitrogens with two attached hydrogens (primary N) is 2. The van der Waals surface area contributed by atoms with Crippen LogP contribution in [0.2, 0.25) is 0 Å². The number of aliphatic hydroxyl groups is 1. The summed E-state index contributed by atoms with van der Waals surface area (Å²) in [6.45, 7) is 3.82. The number of nitrogens with one attached hydrogen (secondary N) is 1. The van der Waals surface area contributed by atoms with Crippen molar-refractivity contribution in [2.45, 2.75) is 20.0 Å². The van der Waals surface area contributed by atoms with Crippen LogP contribution in [0.15, 0.2) is 0 Å². The second-order valence-electron chi connectivity index (χ2n) is 2.96. The largest absolute Gasteiger partial charge is 0.395 e. The summed E-state index contributed by atoms with van der Waals surface area (Å²) in [4.78, 5) is 0. The second-order valence-corrected chi connectivity index (χ2v) is 2.96. The van der Waals surface area contributed by atoms with Gasteiger partial charge in [-0.05, 0) is 6.92 Å². The molecule has 0 atom stereocenters. The molecule has 0 amide bonds. The third-order valence-corrected chi connectivity index (χ3v) is 1.99. The van der Waals surface area contributed by atoms with Crippen LogP contribution in [0, 0.1) is 0 Å². The van der Waals surface area contributed by atoms with Crippen LogP contribution < -0.4 is 16.8 Å². The molecule has 6 nitrogen and oxygen atoms in total. The SMILES string of the molecule is CCn1nc(CNCCO)c(N)c1N. The van der Waals surface area contributed by atoms with E-state index in [2.05, 4.69) is 10.4 Å².